The van der Waals surface area contributed by atoms with E-state index in [0.29, 0.717) is 31.0 Å². The topological polar surface area (TPSA) is 69.7 Å². The van der Waals surface area contributed by atoms with Gasteiger partial charge in [-0.2, -0.15) is 0 Å². The van der Waals surface area contributed by atoms with Crippen molar-refractivity contribution in [1.82, 2.24) is 4.90 Å². The molecule has 0 radical (unpaired) electrons. The number of nitrogens with zero attached hydrogens (tertiary/aromatic N) is 2. The van der Waals surface area contributed by atoms with Crippen molar-refractivity contribution in [3.8, 4) is 0 Å². The highest BCUT2D eigenvalue weighted by Gasteiger charge is 2.27. The summed E-state index contributed by atoms with van der Waals surface area (Å²) in [7, 11) is -3.84. The average molecular weight is 482 g/mol. The number of sulfonamides is 1. The summed E-state index contributed by atoms with van der Waals surface area (Å²) in [4.78, 5) is 16.8. The fourth-order valence-corrected chi connectivity index (χ4v) is 5.41. The lowest BCUT2D eigenvalue weighted by atomic mass is 9.99. The molecular formula is C26H28FN3O3S. The third kappa shape index (κ3) is 5.07. The molecule has 1 heterocycles. The fourth-order valence-electron chi connectivity index (χ4n) is 4.36. The molecule has 2 amide bonds. The van der Waals surface area contributed by atoms with Gasteiger partial charge in [-0.1, -0.05) is 17.7 Å². The number of urea groups is 1. The van der Waals surface area contributed by atoms with Crippen LogP contribution in [0.2, 0.25) is 0 Å². The van der Waals surface area contributed by atoms with E-state index in [4.69, 9.17) is 0 Å². The van der Waals surface area contributed by atoms with E-state index in [1.54, 1.807) is 29.2 Å². The lowest BCUT2D eigenvalue weighted by Crippen LogP contribution is -2.49. The minimum Gasteiger partial charge on any atom is -0.320 e. The minimum absolute atomic E-state index is 0.0264. The van der Waals surface area contributed by atoms with Gasteiger partial charge >= 0.3 is 6.03 Å². The van der Waals surface area contributed by atoms with Gasteiger partial charge in [-0.3, -0.25) is 9.62 Å². The molecule has 0 atom stereocenters. The molecule has 1 saturated heterocycles. The number of aryl methyl sites for hydroxylation is 3. The molecule has 3 aromatic carbocycles. The van der Waals surface area contributed by atoms with Gasteiger partial charge in [0.05, 0.1) is 4.90 Å². The predicted octanol–water partition coefficient (Wildman–Crippen LogP) is 5.38. The van der Waals surface area contributed by atoms with Gasteiger partial charge in [-0.25, -0.2) is 17.6 Å². The van der Waals surface area contributed by atoms with Crippen LogP contribution < -0.4 is 9.62 Å². The van der Waals surface area contributed by atoms with E-state index in [-0.39, 0.29) is 10.9 Å². The number of anilines is 2. The van der Waals surface area contributed by atoms with E-state index in [0.717, 1.165) is 18.6 Å². The molecule has 8 heteroatoms. The van der Waals surface area contributed by atoms with Crippen molar-refractivity contribution in [3.05, 3.63) is 88.7 Å². The summed E-state index contributed by atoms with van der Waals surface area (Å²) in [5.41, 5.74) is 5.81. The number of hydrogen-bond acceptors (Lipinski definition) is 3. The van der Waals surface area contributed by atoms with Gasteiger partial charge in [0.1, 0.15) is 5.82 Å². The summed E-state index contributed by atoms with van der Waals surface area (Å²) in [6.45, 7) is 8.07. The molecule has 0 unspecified atom stereocenters. The van der Waals surface area contributed by atoms with Crippen molar-refractivity contribution in [2.45, 2.75) is 38.6 Å². The average Bonchev–Trinajstić information content (AvgIpc) is 2.78. The Bertz CT molecular complexity index is 1280. The van der Waals surface area contributed by atoms with E-state index < -0.39 is 15.8 Å². The van der Waals surface area contributed by atoms with Gasteiger partial charge in [-0.05, 0) is 92.4 Å². The minimum atomic E-state index is -3.84. The Kier molecular flexibility index (Phi) is 6.61. The Balaban J connectivity index is 1.48. The molecule has 3 aromatic rings. The monoisotopic (exact) mass is 481 g/mol. The van der Waals surface area contributed by atoms with E-state index >= 15 is 0 Å². The zero-order valence-corrected chi connectivity index (χ0v) is 20.3. The molecule has 6 nitrogen and oxygen atoms in total. The van der Waals surface area contributed by atoms with E-state index in [1.807, 2.05) is 4.90 Å². The van der Waals surface area contributed by atoms with Crippen LogP contribution in [-0.2, 0) is 16.6 Å². The highest BCUT2D eigenvalue weighted by molar-refractivity contribution is 7.92. The van der Waals surface area contributed by atoms with Gasteiger partial charge in [-0.15, -0.1) is 0 Å². The number of carbonyl (C=O) groups excluding carboxylic acids is 1. The van der Waals surface area contributed by atoms with Crippen LogP contribution in [0.15, 0.2) is 65.6 Å². The summed E-state index contributed by atoms with van der Waals surface area (Å²) in [5, 5.41) is 0. The summed E-state index contributed by atoms with van der Waals surface area (Å²) in [6.07, 6.45) is 0.842. The second-order valence-electron chi connectivity index (χ2n) is 8.69. The molecule has 0 spiro atoms. The molecule has 178 valence electrons. The largest absolute Gasteiger partial charge is 0.324 e. The van der Waals surface area contributed by atoms with Crippen molar-refractivity contribution in [2.75, 3.05) is 22.7 Å². The SMILES string of the molecule is Cc1cc(C)c(CN2CCCN(c3ccc(NS(=O)(=O)c4ccc(F)cc4)cc3)C2=O)c(C)c1. The highest BCUT2D eigenvalue weighted by Crippen LogP contribution is 2.26. The maximum Gasteiger partial charge on any atom is 0.324 e. The number of rotatable bonds is 6. The van der Waals surface area contributed by atoms with Crippen molar-refractivity contribution >= 4 is 27.4 Å². The number of halogens is 1. The van der Waals surface area contributed by atoms with Crippen LogP contribution in [-0.4, -0.2) is 32.4 Å². The first kappa shape index (κ1) is 23.8. The Morgan fingerprint density at radius 2 is 1.53 bits per heavy atom. The van der Waals surface area contributed by atoms with Crippen molar-refractivity contribution in [2.24, 2.45) is 0 Å². The van der Waals surface area contributed by atoms with Gasteiger partial charge in [0, 0.05) is 31.0 Å². The maximum atomic E-state index is 13.3. The molecule has 4 rings (SSSR count). The second kappa shape index (κ2) is 9.46. The highest BCUT2D eigenvalue weighted by atomic mass is 32.2. The first-order chi connectivity index (χ1) is 16.1. The van der Waals surface area contributed by atoms with Crippen molar-refractivity contribution in [1.29, 1.82) is 0 Å². The third-order valence-corrected chi connectivity index (χ3v) is 7.45. The fraction of sp³-hybridized carbons (Fsp3) is 0.269. The number of nitrogens with one attached hydrogen (secondary N) is 1. The molecule has 1 fully saturated rings. The van der Waals surface area contributed by atoms with Crippen molar-refractivity contribution < 1.29 is 17.6 Å². The van der Waals surface area contributed by atoms with Crippen LogP contribution in [0.4, 0.5) is 20.6 Å². The smallest absolute Gasteiger partial charge is 0.320 e. The van der Waals surface area contributed by atoms with Crippen LogP contribution in [0.5, 0.6) is 0 Å². The molecule has 1 aliphatic rings. The maximum absolute atomic E-state index is 13.3. The molecule has 1 N–H and O–H groups in total. The normalized spacial score (nSPS) is 14.4. The standard InChI is InChI=1S/C26H28FN3O3S/c1-18-15-19(2)25(20(3)16-18)17-29-13-4-14-30(26(29)31)23-9-7-22(8-10-23)28-34(32,33)24-11-5-21(27)6-12-24/h5-12,15-16,28H,4,13-14,17H2,1-3H3. The number of hydrogen-bond donors (Lipinski definition) is 1. The van der Waals surface area contributed by atoms with Gasteiger partial charge in [0.2, 0.25) is 0 Å². The van der Waals surface area contributed by atoms with E-state index in [1.165, 1.54) is 34.4 Å². The number of benzene rings is 3. The Labute approximate surface area is 200 Å². The van der Waals surface area contributed by atoms with Gasteiger partial charge in [0.25, 0.3) is 10.0 Å². The Hall–Kier alpha value is -3.39. The van der Waals surface area contributed by atoms with E-state index in [2.05, 4.69) is 37.6 Å². The van der Waals surface area contributed by atoms with Crippen LogP contribution in [0.25, 0.3) is 0 Å². The first-order valence-electron chi connectivity index (χ1n) is 11.2. The quantitative estimate of drug-likeness (QED) is 0.514. The van der Waals surface area contributed by atoms with Crippen LogP contribution in [0.1, 0.15) is 28.7 Å². The zero-order valence-electron chi connectivity index (χ0n) is 19.5. The van der Waals surface area contributed by atoms with Gasteiger partial charge in [0.15, 0.2) is 0 Å². The molecule has 0 aliphatic carbocycles. The molecule has 34 heavy (non-hydrogen) atoms. The molecule has 0 saturated carbocycles. The van der Waals surface area contributed by atoms with E-state index in [9.17, 15) is 17.6 Å². The lowest BCUT2D eigenvalue weighted by Gasteiger charge is -2.36. The third-order valence-electron chi connectivity index (χ3n) is 6.06. The summed E-state index contributed by atoms with van der Waals surface area (Å²) < 4.78 is 40.7. The first-order valence-corrected chi connectivity index (χ1v) is 12.6. The predicted molar refractivity (Wildman–Crippen MR) is 132 cm³/mol. The van der Waals surface area contributed by atoms with Crippen LogP contribution in [0, 0.1) is 26.6 Å². The molecule has 0 aromatic heterocycles. The zero-order chi connectivity index (χ0) is 24.5. The van der Waals surface area contributed by atoms with Crippen LogP contribution in [0.3, 0.4) is 0 Å². The van der Waals surface area contributed by atoms with Crippen molar-refractivity contribution in [3.63, 3.8) is 0 Å². The number of amides is 2. The summed E-state index contributed by atoms with van der Waals surface area (Å²) in [5.74, 6) is -0.503. The summed E-state index contributed by atoms with van der Waals surface area (Å²) in [6, 6.07) is 15.5. The number of carbonyl (C=O) groups is 1. The Morgan fingerprint density at radius 3 is 2.15 bits per heavy atom. The summed E-state index contributed by atoms with van der Waals surface area (Å²) >= 11 is 0. The molecule has 1 aliphatic heterocycles. The molecule has 0 bridgehead atoms. The second-order valence-corrected chi connectivity index (χ2v) is 10.4. The van der Waals surface area contributed by atoms with Crippen LogP contribution >= 0.6 is 0 Å². The Morgan fingerprint density at radius 1 is 0.912 bits per heavy atom. The molecular weight excluding hydrogens is 453 g/mol. The lowest BCUT2D eigenvalue weighted by molar-refractivity contribution is 0.192. The van der Waals surface area contributed by atoms with Gasteiger partial charge < -0.3 is 4.90 Å².